The van der Waals surface area contributed by atoms with Crippen LogP contribution >= 0.6 is 0 Å². The Hall–Kier alpha value is -3.07. The second-order valence-corrected chi connectivity index (χ2v) is 5.69. The van der Waals surface area contributed by atoms with E-state index < -0.39 is 5.97 Å². The summed E-state index contributed by atoms with van der Waals surface area (Å²) >= 11 is 0. The minimum absolute atomic E-state index is 0.292. The van der Waals surface area contributed by atoms with Crippen LogP contribution < -0.4 is 4.74 Å². The minimum Gasteiger partial charge on any atom is -0.489 e. The average molecular weight is 318 g/mol. The van der Waals surface area contributed by atoms with Crippen molar-refractivity contribution in [2.75, 3.05) is 0 Å². The molecule has 0 aliphatic heterocycles. The summed E-state index contributed by atoms with van der Waals surface area (Å²) in [6.07, 6.45) is 0. The Morgan fingerprint density at radius 2 is 1.71 bits per heavy atom. The topological polar surface area (TPSA) is 46.5 Å². The maximum Gasteiger partial charge on any atom is 0.335 e. The molecular formula is C21H18O3. The quantitative estimate of drug-likeness (QED) is 0.725. The summed E-state index contributed by atoms with van der Waals surface area (Å²) in [4.78, 5) is 11.2. The molecule has 3 aromatic carbocycles. The molecule has 0 unspecified atom stereocenters. The summed E-state index contributed by atoms with van der Waals surface area (Å²) in [5.41, 5.74) is 4.12. The van der Waals surface area contributed by atoms with Gasteiger partial charge in [-0.15, -0.1) is 0 Å². The first-order chi connectivity index (χ1) is 11.6. The Labute approximate surface area is 141 Å². The van der Waals surface area contributed by atoms with Crippen molar-refractivity contribution in [2.24, 2.45) is 0 Å². The fraction of sp³-hybridized carbons (Fsp3) is 0.0952. The van der Waals surface area contributed by atoms with Crippen LogP contribution in [0.15, 0.2) is 72.8 Å². The Kier molecular flexibility index (Phi) is 4.62. The number of hydrogen-bond acceptors (Lipinski definition) is 2. The average Bonchev–Trinajstić information content (AvgIpc) is 2.60. The molecular weight excluding hydrogens is 300 g/mol. The largest absolute Gasteiger partial charge is 0.489 e. The van der Waals surface area contributed by atoms with Gasteiger partial charge in [-0.3, -0.25) is 0 Å². The van der Waals surface area contributed by atoms with Gasteiger partial charge in [-0.1, -0.05) is 48.5 Å². The molecule has 120 valence electrons. The first-order valence-electron chi connectivity index (χ1n) is 7.74. The van der Waals surface area contributed by atoms with E-state index in [9.17, 15) is 9.90 Å². The standard InChI is InChI=1S/C21H18O3/c1-15-10-18(12-19(11-15)21(22)23)17-8-5-9-20(13-17)24-14-16-6-3-2-4-7-16/h2-13H,14H2,1H3,(H,22,23). The smallest absolute Gasteiger partial charge is 0.335 e. The van der Waals surface area contributed by atoms with Crippen LogP contribution in [-0.2, 0) is 6.61 Å². The summed E-state index contributed by atoms with van der Waals surface area (Å²) in [7, 11) is 0. The molecule has 3 aromatic rings. The minimum atomic E-state index is -0.920. The molecule has 0 bridgehead atoms. The Morgan fingerprint density at radius 1 is 0.917 bits per heavy atom. The van der Waals surface area contributed by atoms with Gasteiger partial charge < -0.3 is 9.84 Å². The molecule has 0 amide bonds. The van der Waals surface area contributed by atoms with Gasteiger partial charge in [-0.25, -0.2) is 4.79 Å². The van der Waals surface area contributed by atoms with Gasteiger partial charge in [-0.2, -0.15) is 0 Å². The number of carboxylic acids is 1. The number of carbonyl (C=O) groups is 1. The molecule has 24 heavy (non-hydrogen) atoms. The number of benzene rings is 3. The van der Waals surface area contributed by atoms with E-state index in [0.717, 1.165) is 28.0 Å². The normalized spacial score (nSPS) is 10.4. The second kappa shape index (κ2) is 7.01. The maximum atomic E-state index is 11.2. The van der Waals surface area contributed by atoms with Crippen molar-refractivity contribution in [1.29, 1.82) is 0 Å². The molecule has 0 heterocycles. The van der Waals surface area contributed by atoms with E-state index in [1.165, 1.54) is 0 Å². The molecule has 3 rings (SSSR count). The monoisotopic (exact) mass is 318 g/mol. The predicted molar refractivity (Wildman–Crippen MR) is 94.3 cm³/mol. The fourth-order valence-electron chi connectivity index (χ4n) is 2.58. The highest BCUT2D eigenvalue weighted by Gasteiger charge is 2.08. The summed E-state index contributed by atoms with van der Waals surface area (Å²) in [5.74, 6) is -0.161. The van der Waals surface area contributed by atoms with E-state index >= 15 is 0 Å². The molecule has 0 aliphatic rings. The molecule has 0 saturated heterocycles. The summed E-state index contributed by atoms with van der Waals surface area (Å²) in [6.45, 7) is 2.39. The first kappa shape index (κ1) is 15.8. The zero-order valence-corrected chi connectivity index (χ0v) is 13.4. The SMILES string of the molecule is Cc1cc(C(=O)O)cc(-c2cccc(OCc3ccccc3)c2)c1. The van der Waals surface area contributed by atoms with Gasteiger partial charge >= 0.3 is 5.97 Å². The van der Waals surface area contributed by atoms with E-state index in [1.54, 1.807) is 12.1 Å². The molecule has 0 saturated carbocycles. The zero-order chi connectivity index (χ0) is 16.9. The molecule has 1 N–H and O–H groups in total. The number of aromatic carboxylic acids is 1. The third kappa shape index (κ3) is 3.82. The molecule has 3 nitrogen and oxygen atoms in total. The lowest BCUT2D eigenvalue weighted by atomic mass is 10.00. The number of rotatable bonds is 5. The van der Waals surface area contributed by atoms with Crippen molar-refractivity contribution in [2.45, 2.75) is 13.5 Å². The van der Waals surface area contributed by atoms with Gasteiger partial charge in [0.2, 0.25) is 0 Å². The van der Waals surface area contributed by atoms with Crippen LogP contribution in [0.5, 0.6) is 5.75 Å². The molecule has 0 fully saturated rings. The molecule has 0 radical (unpaired) electrons. The van der Waals surface area contributed by atoms with Crippen molar-refractivity contribution in [3.63, 3.8) is 0 Å². The molecule has 0 spiro atoms. The van der Waals surface area contributed by atoms with Gasteiger partial charge in [0, 0.05) is 0 Å². The van der Waals surface area contributed by atoms with Crippen LogP contribution in [0.25, 0.3) is 11.1 Å². The third-order valence-corrected chi connectivity index (χ3v) is 3.74. The van der Waals surface area contributed by atoms with Crippen molar-refractivity contribution >= 4 is 5.97 Å². The van der Waals surface area contributed by atoms with Gasteiger partial charge in [0.1, 0.15) is 12.4 Å². The highest BCUT2D eigenvalue weighted by Crippen LogP contribution is 2.26. The number of hydrogen-bond donors (Lipinski definition) is 1. The van der Waals surface area contributed by atoms with Crippen LogP contribution in [0, 0.1) is 6.92 Å². The van der Waals surface area contributed by atoms with Crippen molar-refractivity contribution < 1.29 is 14.6 Å². The number of ether oxygens (including phenoxy) is 1. The lowest BCUT2D eigenvalue weighted by molar-refractivity contribution is 0.0697. The lowest BCUT2D eigenvalue weighted by Crippen LogP contribution is -1.98. The summed E-state index contributed by atoms with van der Waals surface area (Å²) < 4.78 is 5.85. The van der Waals surface area contributed by atoms with Crippen LogP contribution in [0.1, 0.15) is 21.5 Å². The fourth-order valence-corrected chi connectivity index (χ4v) is 2.58. The van der Waals surface area contributed by atoms with Crippen LogP contribution in [0.3, 0.4) is 0 Å². The van der Waals surface area contributed by atoms with Crippen molar-refractivity contribution in [3.05, 3.63) is 89.5 Å². The number of carboxylic acid groups (broad SMARTS) is 1. The first-order valence-corrected chi connectivity index (χ1v) is 7.74. The van der Waals surface area contributed by atoms with Crippen LogP contribution in [0.2, 0.25) is 0 Å². The van der Waals surface area contributed by atoms with Gasteiger partial charge in [0.15, 0.2) is 0 Å². The summed E-state index contributed by atoms with van der Waals surface area (Å²) in [6, 6.07) is 23.0. The van der Waals surface area contributed by atoms with E-state index in [2.05, 4.69) is 0 Å². The molecule has 0 aromatic heterocycles. The van der Waals surface area contributed by atoms with E-state index in [-0.39, 0.29) is 0 Å². The highest BCUT2D eigenvalue weighted by atomic mass is 16.5. The summed E-state index contributed by atoms with van der Waals surface area (Å²) in [5, 5.41) is 9.22. The van der Waals surface area contributed by atoms with Crippen molar-refractivity contribution in [3.8, 4) is 16.9 Å². The van der Waals surface area contributed by atoms with Crippen LogP contribution in [0.4, 0.5) is 0 Å². The van der Waals surface area contributed by atoms with Crippen molar-refractivity contribution in [1.82, 2.24) is 0 Å². The highest BCUT2D eigenvalue weighted by molar-refractivity contribution is 5.89. The van der Waals surface area contributed by atoms with E-state index in [1.807, 2.05) is 67.6 Å². The van der Waals surface area contributed by atoms with E-state index in [0.29, 0.717) is 12.2 Å². The zero-order valence-electron chi connectivity index (χ0n) is 13.4. The number of aryl methyl sites for hydroxylation is 1. The molecule has 0 aliphatic carbocycles. The van der Waals surface area contributed by atoms with Gasteiger partial charge in [-0.05, 0) is 53.4 Å². The third-order valence-electron chi connectivity index (χ3n) is 3.74. The van der Waals surface area contributed by atoms with Gasteiger partial charge in [0.25, 0.3) is 0 Å². The van der Waals surface area contributed by atoms with Gasteiger partial charge in [0.05, 0.1) is 5.56 Å². The lowest BCUT2D eigenvalue weighted by Gasteiger charge is -2.10. The molecule has 0 atom stereocenters. The maximum absolute atomic E-state index is 11.2. The Bertz CT molecular complexity index is 854. The van der Waals surface area contributed by atoms with Crippen LogP contribution in [-0.4, -0.2) is 11.1 Å². The Morgan fingerprint density at radius 3 is 2.46 bits per heavy atom. The molecule has 3 heteroatoms. The second-order valence-electron chi connectivity index (χ2n) is 5.69. The predicted octanol–water partition coefficient (Wildman–Crippen LogP) is 4.94. The Balaban J connectivity index is 1.84. The van der Waals surface area contributed by atoms with E-state index in [4.69, 9.17) is 4.74 Å².